The van der Waals surface area contributed by atoms with Crippen LogP contribution in [0.25, 0.3) is 0 Å². The van der Waals surface area contributed by atoms with Gasteiger partial charge in [-0.05, 0) is 0 Å². The second-order valence-electron chi connectivity index (χ2n) is 0.519. The molecule has 0 aliphatic carbocycles. The van der Waals surface area contributed by atoms with Crippen LogP contribution in [0.3, 0.4) is 0 Å². The molecule has 0 rings (SSSR count). The molecule has 5 heteroatoms. The monoisotopic (exact) mass is 156 g/mol. The Morgan fingerprint density at radius 1 is 1.43 bits per heavy atom. The van der Waals surface area contributed by atoms with Crippen LogP contribution in [-0.2, 0) is 4.79 Å². The van der Waals surface area contributed by atoms with E-state index in [1.165, 1.54) is 0 Å². The van der Waals surface area contributed by atoms with Gasteiger partial charge >= 0.3 is 29.6 Å². The summed E-state index contributed by atoms with van der Waals surface area (Å²) in [6.45, 7) is 1.08. The zero-order valence-corrected chi connectivity index (χ0v) is 4.80. The number of hydrogen-bond acceptors (Lipinski definition) is 1. The molecule has 0 aromatic heterocycles. The van der Waals surface area contributed by atoms with Crippen molar-refractivity contribution >= 4 is 60.3 Å². The van der Waals surface area contributed by atoms with E-state index < -0.39 is 5.97 Å². The van der Waals surface area contributed by atoms with Gasteiger partial charge in [0, 0.05) is 6.92 Å². The Morgan fingerprint density at radius 2 is 1.43 bits per heavy atom. The molecule has 0 fully saturated rings. The number of aliphatic carboxylic acids is 1. The van der Waals surface area contributed by atoms with Crippen molar-refractivity contribution in [3.8, 4) is 0 Å². The van der Waals surface area contributed by atoms with Crippen LogP contribution in [0.4, 0.5) is 0 Å². The second kappa shape index (κ2) is 15.7. The fraction of sp³-hybridized carbons (Fsp3) is 0.500. The third kappa shape index (κ3) is 163. The zero-order chi connectivity index (χ0) is 3.58. The van der Waals surface area contributed by atoms with E-state index in [-0.39, 0.29) is 54.4 Å². The number of hydrogen-bond donors (Lipinski definition) is 1. The Bertz CT molecular complexity index is 36.7. The van der Waals surface area contributed by atoms with Crippen molar-refractivity contribution in [1.82, 2.24) is 0 Å². The number of halogens is 2. The first-order valence-electron chi connectivity index (χ1n) is 0.928. The first-order valence-corrected chi connectivity index (χ1v) is 0.928. The van der Waals surface area contributed by atoms with Gasteiger partial charge in [-0.15, -0.1) is 24.8 Å². The molecule has 2 nitrogen and oxygen atoms in total. The third-order valence-electron chi connectivity index (χ3n) is 0. The summed E-state index contributed by atoms with van der Waals surface area (Å²) in [5.74, 6) is -0.833. The van der Waals surface area contributed by atoms with Gasteiger partial charge in [-0.25, -0.2) is 0 Å². The Kier molecular flexibility index (Phi) is 54.8. The van der Waals surface area contributed by atoms with Gasteiger partial charge in [-0.2, -0.15) is 0 Å². The molecule has 0 heterocycles. The number of carboxylic acid groups (broad SMARTS) is 1. The van der Waals surface area contributed by atoms with Crippen molar-refractivity contribution < 1.29 is 9.90 Å². The van der Waals surface area contributed by atoms with Gasteiger partial charge in [0.1, 0.15) is 0 Å². The number of rotatable bonds is 0. The first-order chi connectivity index (χ1) is 1.73. The average Bonchev–Trinajstić information content (AvgIpc) is 0.811. The van der Waals surface area contributed by atoms with E-state index in [4.69, 9.17) is 9.90 Å². The van der Waals surface area contributed by atoms with E-state index >= 15 is 0 Å². The summed E-state index contributed by atoms with van der Waals surface area (Å²) in [5, 5.41) is 7.42. The molecule has 0 saturated heterocycles. The Balaban J connectivity index is -0.0000000150. The minimum absolute atomic E-state index is 0. The SMILES string of the molecule is CC(=O)O.Cl.Cl.[NaH]. The molecule has 0 saturated carbocycles. The van der Waals surface area contributed by atoms with Crippen LogP contribution >= 0.6 is 24.8 Å². The normalized spacial score (nSPS) is 3.57. The summed E-state index contributed by atoms with van der Waals surface area (Å²) in [4.78, 5) is 9.00. The molecule has 0 atom stereocenters. The molecule has 0 amide bonds. The van der Waals surface area contributed by atoms with E-state index in [1.807, 2.05) is 0 Å². The van der Waals surface area contributed by atoms with Gasteiger partial charge in [-0.3, -0.25) is 4.79 Å². The maximum absolute atomic E-state index is 9.00. The van der Waals surface area contributed by atoms with Gasteiger partial charge in [0.25, 0.3) is 5.97 Å². The molecular formula is C2H7Cl2NaO2. The molecule has 1 N–H and O–H groups in total. The van der Waals surface area contributed by atoms with Gasteiger partial charge in [0.2, 0.25) is 0 Å². The molecule has 7 heavy (non-hydrogen) atoms. The molecule has 0 aliphatic heterocycles. The summed E-state index contributed by atoms with van der Waals surface area (Å²) in [6, 6.07) is 0. The first kappa shape index (κ1) is 24.4. The van der Waals surface area contributed by atoms with Crippen molar-refractivity contribution in [3.05, 3.63) is 0 Å². The fourth-order valence-corrected chi connectivity index (χ4v) is 0. The van der Waals surface area contributed by atoms with Gasteiger partial charge < -0.3 is 5.11 Å². The molecule has 0 spiro atoms. The van der Waals surface area contributed by atoms with E-state index in [9.17, 15) is 0 Å². The Hall–Kier alpha value is 1.05. The van der Waals surface area contributed by atoms with Crippen LogP contribution in [0.5, 0.6) is 0 Å². The van der Waals surface area contributed by atoms with E-state index in [0.29, 0.717) is 0 Å². The summed E-state index contributed by atoms with van der Waals surface area (Å²) in [7, 11) is 0. The van der Waals surface area contributed by atoms with Crippen LogP contribution in [0, 0.1) is 0 Å². The molecule has 0 radical (unpaired) electrons. The quantitative estimate of drug-likeness (QED) is 0.513. The second-order valence-corrected chi connectivity index (χ2v) is 0.519. The van der Waals surface area contributed by atoms with E-state index in [0.717, 1.165) is 6.92 Å². The molecule has 0 aromatic carbocycles. The summed E-state index contributed by atoms with van der Waals surface area (Å²) < 4.78 is 0. The average molecular weight is 157 g/mol. The molecule has 0 aliphatic rings. The number of carboxylic acids is 1. The van der Waals surface area contributed by atoms with E-state index in [2.05, 4.69) is 0 Å². The van der Waals surface area contributed by atoms with Crippen LogP contribution in [0.2, 0.25) is 0 Å². The summed E-state index contributed by atoms with van der Waals surface area (Å²) in [5.41, 5.74) is 0. The predicted octanol–water partition coefficient (Wildman–Crippen LogP) is 0.286. The molecular weight excluding hydrogens is 150 g/mol. The van der Waals surface area contributed by atoms with Crippen molar-refractivity contribution in [3.63, 3.8) is 0 Å². The van der Waals surface area contributed by atoms with E-state index in [1.54, 1.807) is 0 Å². The van der Waals surface area contributed by atoms with Crippen LogP contribution in [0.15, 0.2) is 0 Å². The standard InChI is InChI=1S/C2H4O2.2ClH.Na.H/c1-2(3)4;;;;/h1H3,(H,3,4);2*1H;;. The summed E-state index contributed by atoms with van der Waals surface area (Å²) in [6.07, 6.45) is 0. The molecule has 42 valence electrons. The number of carbonyl (C=O) groups is 1. The fourth-order valence-electron chi connectivity index (χ4n) is 0. The zero-order valence-electron chi connectivity index (χ0n) is 3.17. The summed E-state index contributed by atoms with van der Waals surface area (Å²) >= 11 is 0. The molecule has 0 unspecified atom stereocenters. The molecule has 0 aromatic rings. The van der Waals surface area contributed by atoms with Gasteiger partial charge in [0.05, 0.1) is 0 Å². The topological polar surface area (TPSA) is 37.3 Å². The van der Waals surface area contributed by atoms with Crippen molar-refractivity contribution in [2.45, 2.75) is 6.92 Å². The van der Waals surface area contributed by atoms with Crippen LogP contribution in [0.1, 0.15) is 6.92 Å². The maximum atomic E-state index is 9.00. The van der Waals surface area contributed by atoms with Crippen LogP contribution < -0.4 is 0 Å². The Labute approximate surface area is 76.8 Å². The minimum atomic E-state index is -0.833. The van der Waals surface area contributed by atoms with Crippen LogP contribution in [-0.4, -0.2) is 40.6 Å². The third-order valence-corrected chi connectivity index (χ3v) is 0. The van der Waals surface area contributed by atoms with Gasteiger partial charge in [-0.1, -0.05) is 0 Å². The van der Waals surface area contributed by atoms with Gasteiger partial charge in [0.15, 0.2) is 0 Å². The van der Waals surface area contributed by atoms with Crippen molar-refractivity contribution in [1.29, 1.82) is 0 Å². The van der Waals surface area contributed by atoms with Crippen molar-refractivity contribution in [2.75, 3.05) is 0 Å². The predicted molar refractivity (Wildman–Crippen MR) is 35.0 cm³/mol. The molecule has 0 bridgehead atoms. The van der Waals surface area contributed by atoms with Crippen molar-refractivity contribution in [2.24, 2.45) is 0 Å². The Morgan fingerprint density at radius 3 is 1.43 bits per heavy atom.